The Kier molecular flexibility index (Phi) is 3.24. The second kappa shape index (κ2) is 4.84. The molecule has 0 aliphatic carbocycles. The van der Waals surface area contributed by atoms with Crippen LogP contribution in [0, 0.1) is 25.2 Å². The molecule has 0 spiro atoms. The molecular weight excluding hydrogens is 226 g/mol. The minimum atomic E-state index is -0.0207. The third kappa shape index (κ3) is 2.30. The monoisotopic (exact) mass is 239 g/mol. The van der Waals surface area contributed by atoms with Gasteiger partial charge in [-0.1, -0.05) is 12.1 Å². The van der Waals surface area contributed by atoms with E-state index in [1.807, 2.05) is 38.1 Å². The van der Waals surface area contributed by atoms with Gasteiger partial charge >= 0.3 is 0 Å². The summed E-state index contributed by atoms with van der Waals surface area (Å²) in [6.07, 6.45) is 3.16. The Morgan fingerprint density at radius 3 is 2.83 bits per heavy atom. The molecule has 0 atom stereocenters. The maximum atomic E-state index is 12.1. The topological polar surface area (TPSA) is 58.7 Å². The van der Waals surface area contributed by atoms with Crippen LogP contribution in [0.15, 0.2) is 30.6 Å². The number of ketones is 1. The van der Waals surface area contributed by atoms with E-state index < -0.39 is 0 Å². The fourth-order valence-electron chi connectivity index (χ4n) is 1.71. The number of imidazole rings is 1. The standard InChI is InChI=1S/C14H13N3O/c1-10-3-4-12(7-11(10)2)13(18)9-17-6-5-16-14(17)8-15/h3-7H,9H2,1-2H3. The lowest BCUT2D eigenvalue weighted by atomic mass is 10.0. The predicted octanol–water partition coefficient (Wildman–Crippen LogP) is 2.25. The highest BCUT2D eigenvalue weighted by molar-refractivity contribution is 5.96. The maximum Gasteiger partial charge on any atom is 0.213 e. The number of nitrogens with zero attached hydrogens (tertiary/aromatic N) is 3. The van der Waals surface area contributed by atoms with E-state index in [9.17, 15) is 4.79 Å². The second-order valence-corrected chi connectivity index (χ2v) is 4.21. The molecule has 0 saturated carbocycles. The molecule has 1 aromatic carbocycles. The molecule has 0 saturated heterocycles. The molecule has 18 heavy (non-hydrogen) atoms. The van der Waals surface area contributed by atoms with E-state index in [1.165, 1.54) is 6.20 Å². The highest BCUT2D eigenvalue weighted by atomic mass is 16.1. The zero-order valence-electron chi connectivity index (χ0n) is 10.3. The van der Waals surface area contributed by atoms with Crippen molar-refractivity contribution >= 4 is 5.78 Å². The summed E-state index contributed by atoms with van der Waals surface area (Å²) in [5, 5.41) is 8.83. The van der Waals surface area contributed by atoms with Gasteiger partial charge in [-0.3, -0.25) is 4.79 Å². The average molecular weight is 239 g/mol. The van der Waals surface area contributed by atoms with Crippen LogP contribution in [0.2, 0.25) is 0 Å². The smallest absolute Gasteiger partial charge is 0.213 e. The number of rotatable bonds is 3. The quantitative estimate of drug-likeness (QED) is 0.772. The van der Waals surface area contributed by atoms with Gasteiger partial charge < -0.3 is 4.57 Å². The van der Waals surface area contributed by atoms with Gasteiger partial charge in [-0.2, -0.15) is 5.26 Å². The molecule has 0 aliphatic heterocycles. The van der Waals surface area contributed by atoms with Crippen LogP contribution >= 0.6 is 0 Å². The Balaban J connectivity index is 2.23. The Morgan fingerprint density at radius 1 is 1.39 bits per heavy atom. The fraction of sp³-hybridized carbons (Fsp3) is 0.214. The summed E-state index contributed by atoms with van der Waals surface area (Å²) < 4.78 is 1.55. The zero-order valence-corrected chi connectivity index (χ0v) is 10.3. The van der Waals surface area contributed by atoms with Crippen molar-refractivity contribution in [3.63, 3.8) is 0 Å². The van der Waals surface area contributed by atoms with Gasteiger partial charge in [-0.05, 0) is 31.0 Å². The minimum Gasteiger partial charge on any atom is -0.315 e. The number of carbonyl (C=O) groups excluding carboxylic acids is 1. The van der Waals surface area contributed by atoms with E-state index in [4.69, 9.17) is 5.26 Å². The first-order valence-corrected chi connectivity index (χ1v) is 5.63. The highest BCUT2D eigenvalue weighted by Crippen LogP contribution is 2.11. The van der Waals surface area contributed by atoms with Crippen LogP contribution in [0.5, 0.6) is 0 Å². The van der Waals surface area contributed by atoms with Gasteiger partial charge in [0.2, 0.25) is 5.82 Å². The first-order valence-electron chi connectivity index (χ1n) is 5.63. The highest BCUT2D eigenvalue weighted by Gasteiger charge is 2.10. The van der Waals surface area contributed by atoms with Crippen molar-refractivity contribution in [1.82, 2.24) is 9.55 Å². The summed E-state index contributed by atoms with van der Waals surface area (Å²) in [4.78, 5) is 15.9. The normalized spacial score (nSPS) is 10.1. The predicted molar refractivity (Wildman–Crippen MR) is 67.2 cm³/mol. The van der Waals surface area contributed by atoms with Gasteiger partial charge in [-0.15, -0.1) is 0 Å². The van der Waals surface area contributed by atoms with Crippen LogP contribution in [-0.2, 0) is 6.54 Å². The Morgan fingerprint density at radius 2 is 2.17 bits per heavy atom. The van der Waals surface area contributed by atoms with E-state index in [0.717, 1.165) is 11.1 Å². The molecule has 2 rings (SSSR count). The third-order valence-corrected chi connectivity index (χ3v) is 2.96. The van der Waals surface area contributed by atoms with Gasteiger partial charge in [0.05, 0.1) is 6.54 Å². The third-order valence-electron chi connectivity index (χ3n) is 2.96. The minimum absolute atomic E-state index is 0.0207. The van der Waals surface area contributed by atoms with E-state index in [0.29, 0.717) is 5.56 Å². The van der Waals surface area contributed by atoms with Crippen molar-refractivity contribution in [2.24, 2.45) is 0 Å². The van der Waals surface area contributed by atoms with Crippen molar-refractivity contribution in [2.45, 2.75) is 20.4 Å². The Bertz CT molecular complexity index is 635. The molecule has 1 heterocycles. The summed E-state index contributed by atoms with van der Waals surface area (Å²) in [6.45, 7) is 4.13. The maximum absolute atomic E-state index is 12.1. The largest absolute Gasteiger partial charge is 0.315 e. The lowest BCUT2D eigenvalue weighted by Gasteiger charge is -2.06. The lowest BCUT2D eigenvalue weighted by molar-refractivity contribution is 0.0971. The van der Waals surface area contributed by atoms with Crippen molar-refractivity contribution in [1.29, 1.82) is 5.26 Å². The molecule has 0 radical (unpaired) electrons. The van der Waals surface area contributed by atoms with E-state index >= 15 is 0 Å². The number of benzene rings is 1. The van der Waals surface area contributed by atoms with E-state index in [2.05, 4.69) is 4.98 Å². The summed E-state index contributed by atoms with van der Waals surface area (Å²) >= 11 is 0. The Hall–Kier alpha value is -2.41. The summed E-state index contributed by atoms with van der Waals surface area (Å²) in [7, 11) is 0. The first-order chi connectivity index (χ1) is 8.61. The summed E-state index contributed by atoms with van der Waals surface area (Å²) in [5.74, 6) is 0.236. The number of nitriles is 1. The van der Waals surface area contributed by atoms with Crippen molar-refractivity contribution in [2.75, 3.05) is 0 Å². The summed E-state index contributed by atoms with van der Waals surface area (Å²) in [6, 6.07) is 7.57. The molecule has 0 N–H and O–H groups in total. The lowest BCUT2D eigenvalue weighted by Crippen LogP contribution is -2.11. The van der Waals surface area contributed by atoms with E-state index in [1.54, 1.807) is 10.8 Å². The number of aryl methyl sites for hydroxylation is 2. The van der Waals surface area contributed by atoms with Crippen LogP contribution in [0.25, 0.3) is 0 Å². The molecule has 4 nitrogen and oxygen atoms in total. The van der Waals surface area contributed by atoms with Gasteiger partial charge in [0.15, 0.2) is 5.78 Å². The number of hydrogen-bond donors (Lipinski definition) is 0. The van der Waals surface area contributed by atoms with Crippen molar-refractivity contribution < 1.29 is 4.79 Å². The summed E-state index contributed by atoms with van der Waals surface area (Å²) in [5.41, 5.74) is 2.91. The molecule has 2 aromatic rings. The van der Waals surface area contributed by atoms with Gasteiger partial charge in [-0.25, -0.2) is 4.98 Å². The van der Waals surface area contributed by atoms with Gasteiger partial charge in [0.1, 0.15) is 6.07 Å². The van der Waals surface area contributed by atoms with Crippen LogP contribution in [0.1, 0.15) is 27.3 Å². The zero-order chi connectivity index (χ0) is 13.1. The van der Waals surface area contributed by atoms with Crippen molar-refractivity contribution in [3.8, 4) is 6.07 Å². The number of hydrogen-bond acceptors (Lipinski definition) is 3. The number of carbonyl (C=O) groups is 1. The van der Waals surface area contributed by atoms with Crippen LogP contribution in [0.3, 0.4) is 0 Å². The van der Waals surface area contributed by atoms with Crippen LogP contribution < -0.4 is 0 Å². The Labute approximate surface area is 106 Å². The number of Topliss-reactive ketones (excluding diaryl/α,β-unsaturated/α-hetero) is 1. The van der Waals surface area contributed by atoms with Crippen LogP contribution in [-0.4, -0.2) is 15.3 Å². The molecule has 0 unspecified atom stereocenters. The molecule has 90 valence electrons. The number of aromatic nitrogens is 2. The SMILES string of the molecule is Cc1ccc(C(=O)Cn2ccnc2C#N)cc1C. The van der Waals surface area contributed by atoms with Crippen molar-refractivity contribution in [3.05, 3.63) is 53.1 Å². The second-order valence-electron chi connectivity index (χ2n) is 4.21. The molecular formula is C14H13N3O. The molecule has 4 heteroatoms. The van der Waals surface area contributed by atoms with Gasteiger partial charge in [0, 0.05) is 18.0 Å². The molecule has 1 aromatic heterocycles. The van der Waals surface area contributed by atoms with Crippen LogP contribution in [0.4, 0.5) is 0 Å². The molecule has 0 bridgehead atoms. The van der Waals surface area contributed by atoms with E-state index in [-0.39, 0.29) is 18.2 Å². The van der Waals surface area contributed by atoms with Gasteiger partial charge in [0.25, 0.3) is 0 Å². The average Bonchev–Trinajstić information content (AvgIpc) is 2.79. The fourth-order valence-corrected chi connectivity index (χ4v) is 1.71. The molecule has 0 amide bonds. The molecule has 0 aliphatic rings. The molecule has 0 fully saturated rings. The first kappa shape index (κ1) is 12.1.